The number of likely N-dealkylation sites (tertiary alicyclic amines) is 1. The van der Waals surface area contributed by atoms with E-state index in [0.717, 1.165) is 25.9 Å². The number of carbonyl (C=O) groups is 2. The highest BCUT2D eigenvalue weighted by Gasteiger charge is 2.43. The molecule has 29 heavy (non-hydrogen) atoms. The van der Waals surface area contributed by atoms with Crippen molar-refractivity contribution in [3.63, 3.8) is 0 Å². The van der Waals surface area contributed by atoms with Gasteiger partial charge in [0.1, 0.15) is 23.6 Å². The summed E-state index contributed by atoms with van der Waals surface area (Å²) < 4.78 is 11.8. The van der Waals surface area contributed by atoms with Gasteiger partial charge in [0.05, 0.1) is 19.2 Å². The van der Waals surface area contributed by atoms with E-state index in [-0.39, 0.29) is 24.4 Å². The Morgan fingerprint density at radius 3 is 2.59 bits per heavy atom. The number of hydrogen-bond donors (Lipinski definition) is 1. The van der Waals surface area contributed by atoms with Crippen molar-refractivity contribution in [2.24, 2.45) is 5.92 Å². The number of fused-ring (bicyclic) bond motifs is 1. The van der Waals surface area contributed by atoms with E-state index in [1.54, 1.807) is 30.2 Å². The van der Waals surface area contributed by atoms with Crippen molar-refractivity contribution in [3.8, 4) is 11.5 Å². The molecule has 2 aliphatic rings. The molecular formula is C22H33N3O4. The molecule has 1 aromatic carbocycles. The number of benzene rings is 1. The van der Waals surface area contributed by atoms with Gasteiger partial charge in [-0.25, -0.2) is 0 Å². The first kappa shape index (κ1) is 21.4. The number of carbonyl (C=O) groups excluding carboxylic acids is 2. The Morgan fingerprint density at radius 1 is 1.28 bits per heavy atom. The van der Waals surface area contributed by atoms with Gasteiger partial charge in [-0.2, -0.15) is 0 Å². The van der Waals surface area contributed by atoms with Gasteiger partial charge in [-0.05, 0) is 32.0 Å². The molecule has 1 N–H and O–H groups in total. The van der Waals surface area contributed by atoms with Crippen LogP contribution < -0.4 is 14.8 Å². The molecule has 2 heterocycles. The van der Waals surface area contributed by atoms with Gasteiger partial charge in [0, 0.05) is 38.0 Å². The number of ether oxygens (including phenoxy) is 2. The lowest BCUT2D eigenvalue weighted by atomic mass is 9.90. The van der Waals surface area contributed by atoms with E-state index >= 15 is 0 Å². The highest BCUT2D eigenvalue weighted by Crippen LogP contribution is 2.37. The Balaban J connectivity index is 1.89. The molecule has 1 atom stereocenters. The Morgan fingerprint density at radius 2 is 1.97 bits per heavy atom. The highest BCUT2D eigenvalue weighted by molar-refractivity contribution is 5.99. The number of nitrogens with zero attached hydrogens (tertiary/aromatic N) is 2. The summed E-state index contributed by atoms with van der Waals surface area (Å²) >= 11 is 0. The van der Waals surface area contributed by atoms with Crippen LogP contribution in [0.3, 0.4) is 0 Å². The van der Waals surface area contributed by atoms with Gasteiger partial charge < -0.3 is 24.6 Å². The van der Waals surface area contributed by atoms with E-state index in [4.69, 9.17) is 9.47 Å². The number of nitrogens with one attached hydrogen (secondary N) is 1. The Hall–Kier alpha value is -2.28. The topological polar surface area (TPSA) is 71.1 Å². The van der Waals surface area contributed by atoms with Crippen LogP contribution in [-0.4, -0.2) is 73.6 Å². The third-order valence-corrected chi connectivity index (χ3v) is 6.13. The maximum atomic E-state index is 13.3. The monoisotopic (exact) mass is 403 g/mol. The lowest BCUT2D eigenvalue weighted by molar-refractivity contribution is -0.123. The fraction of sp³-hybridized carbons (Fsp3) is 0.636. The van der Waals surface area contributed by atoms with Gasteiger partial charge in [-0.3, -0.25) is 9.59 Å². The molecule has 2 amide bonds. The highest BCUT2D eigenvalue weighted by atomic mass is 16.5. The largest absolute Gasteiger partial charge is 0.497 e. The summed E-state index contributed by atoms with van der Waals surface area (Å²) in [6, 6.07) is 5.31. The van der Waals surface area contributed by atoms with E-state index in [1.165, 1.54) is 0 Å². The van der Waals surface area contributed by atoms with Crippen LogP contribution in [0.25, 0.3) is 0 Å². The predicted octanol–water partition coefficient (Wildman–Crippen LogP) is 2.15. The number of rotatable bonds is 5. The minimum absolute atomic E-state index is 0.0301. The van der Waals surface area contributed by atoms with Crippen LogP contribution in [0, 0.1) is 5.92 Å². The van der Waals surface area contributed by atoms with Crippen molar-refractivity contribution in [1.82, 2.24) is 15.1 Å². The van der Waals surface area contributed by atoms with Crippen LogP contribution in [0.2, 0.25) is 0 Å². The number of hydrogen-bond acceptors (Lipinski definition) is 5. The Labute approximate surface area is 173 Å². The van der Waals surface area contributed by atoms with Crippen molar-refractivity contribution >= 4 is 11.8 Å². The van der Waals surface area contributed by atoms with Crippen LogP contribution in [0.5, 0.6) is 11.5 Å². The SMILES string of the molecule is COc1ccc2c(c1)OC1(CCN(C)CC1)CN(CC(=O)NC(C)C(C)C)C2=O. The van der Waals surface area contributed by atoms with Crippen molar-refractivity contribution in [1.29, 1.82) is 0 Å². The maximum Gasteiger partial charge on any atom is 0.258 e. The fourth-order valence-electron chi connectivity index (χ4n) is 3.80. The maximum absolute atomic E-state index is 13.3. The van der Waals surface area contributed by atoms with Crippen molar-refractivity contribution in [3.05, 3.63) is 23.8 Å². The summed E-state index contributed by atoms with van der Waals surface area (Å²) in [5.74, 6) is 1.20. The summed E-state index contributed by atoms with van der Waals surface area (Å²) in [5, 5.41) is 3.01. The smallest absolute Gasteiger partial charge is 0.258 e. The molecule has 160 valence electrons. The van der Waals surface area contributed by atoms with Crippen molar-refractivity contribution < 1.29 is 19.1 Å². The first-order chi connectivity index (χ1) is 13.7. The van der Waals surface area contributed by atoms with Gasteiger partial charge in [0.25, 0.3) is 5.91 Å². The summed E-state index contributed by atoms with van der Waals surface area (Å²) in [4.78, 5) is 29.8. The minimum atomic E-state index is -0.496. The van der Waals surface area contributed by atoms with E-state index in [1.807, 2.05) is 6.92 Å². The summed E-state index contributed by atoms with van der Waals surface area (Å²) in [7, 11) is 3.68. The molecule has 0 aliphatic carbocycles. The average Bonchev–Trinajstić information content (AvgIpc) is 2.79. The molecule has 0 radical (unpaired) electrons. The van der Waals surface area contributed by atoms with Crippen molar-refractivity contribution in [2.45, 2.75) is 45.3 Å². The Kier molecular flexibility index (Phi) is 6.36. The molecule has 0 saturated carbocycles. The van der Waals surface area contributed by atoms with Crippen LogP contribution in [0.15, 0.2) is 18.2 Å². The second-order valence-electron chi connectivity index (χ2n) is 8.71. The van der Waals surface area contributed by atoms with Gasteiger partial charge in [-0.15, -0.1) is 0 Å². The van der Waals surface area contributed by atoms with Crippen LogP contribution >= 0.6 is 0 Å². The molecule has 2 aliphatic heterocycles. The third-order valence-electron chi connectivity index (χ3n) is 6.13. The summed E-state index contributed by atoms with van der Waals surface area (Å²) in [5.41, 5.74) is -0.0182. The quantitative estimate of drug-likeness (QED) is 0.816. The zero-order chi connectivity index (χ0) is 21.2. The Bertz CT molecular complexity index is 756. The molecule has 1 saturated heterocycles. The lowest BCUT2D eigenvalue weighted by Gasteiger charge is -2.41. The van der Waals surface area contributed by atoms with E-state index in [0.29, 0.717) is 29.5 Å². The van der Waals surface area contributed by atoms with E-state index < -0.39 is 5.60 Å². The predicted molar refractivity (Wildman–Crippen MR) is 111 cm³/mol. The molecule has 1 fully saturated rings. The molecular weight excluding hydrogens is 370 g/mol. The molecule has 0 aromatic heterocycles. The number of amides is 2. The van der Waals surface area contributed by atoms with Gasteiger partial charge >= 0.3 is 0 Å². The van der Waals surface area contributed by atoms with Gasteiger partial charge in [0.2, 0.25) is 5.91 Å². The molecule has 1 unspecified atom stereocenters. The third kappa shape index (κ3) is 4.83. The summed E-state index contributed by atoms with van der Waals surface area (Å²) in [6.45, 7) is 8.31. The second-order valence-corrected chi connectivity index (χ2v) is 8.71. The molecule has 1 aromatic rings. The zero-order valence-electron chi connectivity index (χ0n) is 18.2. The lowest BCUT2D eigenvalue weighted by Crippen LogP contribution is -2.55. The van der Waals surface area contributed by atoms with Gasteiger partial charge in [-0.1, -0.05) is 13.8 Å². The summed E-state index contributed by atoms with van der Waals surface area (Å²) in [6.07, 6.45) is 1.60. The van der Waals surface area contributed by atoms with Crippen LogP contribution in [0.4, 0.5) is 0 Å². The molecule has 3 rings (SSSR count). The molecule has 7 nitrogen and oxygen atoms in total. The molecule has 1 spiro atoms. The van der Waals surface area contributed by atoms with E-state index in [2.05, 4.69) is 31.1 Å². The average molecular weight is 404 g/mol. The zero-order valence-corrected chi connectivity index (χ0v) is 18.2. The van der Waals surface area contributed by atoms with E-state index in [9.17, 15) is 9.59 Å². The number of piperidine rings is 1. The van der Waals surface area contributed by atoms with Crippen LogP contribution in [0.1, 0.15) is 44.0 Å². The molecule has 7 heteroatoms. The fourth-order valence-corrected chi connectivity index (χ4v) is 3.80. The number of methoxy groups -OCH3 is 1. The van der Waals surface area contributed by atoms with Crippen LogP contribution in [-0.2, 0) is 4.79 Å². The normalized spacial score (nSPS) is 20.1. The first-order valence-corrected chi connectivity index (χ1v) is 10.4. The van der Waals surface area contributed by atoms with Gasteiger partial charge in [0.15, 0.2) is 0 Å². The minimum Gasteiger partial charge on any atom is -0.497 e. The first-order valence-electron chi connectivity index (χ1n) is 10.4. The molecule has 0 bridgehead atoms. The van der Waals surface area contributed by atoms with Crippen molar-refractivity contribution in [2.75, 3.05) is 40.3 Å². The second kappa shape index (κ2) is 8.61. The standard InChI is InChI=1S/C22H33N3O4/c1-15(2)16(3)23-20(26)13-25-14-22(8-10-24(4)11-9-22)29-19-12-17(28-5)6-7-18(19)21(25)27/h6-7,12,15-16H,8-11,13-14H2,1-5H3,(H,23,26).